The van der Waals surface area contributed by atoms with Crippen molar-refractivity contribution < 1.29 is 17.9 Å². The van der Waals surface area contributed by atoms with Crippen LogP contribution < -0.4 is 15.2 Å². The van der Waals surface area contributed by atoms with Gasteiger partial charge in [-0.3, -0.25) is 4.79 Å². The summed E-state index contributed by atoms with van der Waals surface area (Å²) in [6.45, 7) is 0.290. The van der Waals surface area contributed by atoms with E-state index >= 15 is 0 Å². The Labute approximate surface area is 242 Å². The molecule has 0 aliphatic rings. The number of alkyl halides is 3. The highest BCUT2D eigenvalue weighted by molar-refractivity contribution is 9.10. The molecule has 1 aromatic heterocycles. The van der Waals surface area contributed by atoms with Gasteiger partial charge in [-0.1, -0.05) is 52.3 Å². The van der Waals surface area contributed by atoms with E-state index in [-0.39, 0.29) is 23.4 Å². The fourth-order valence-electron chi connectivity index (χ4n) is 4.15. The van der Waals surface area contributed by atoms with Crippen molar-refractivity contribution >= 4 is 38.7 Å². The van der Waals surface area contributed by atoms with Crippen molar-refractivity contribution in [3.8, 4) is 17.1 Å². The maximum atomic E-state index is 13.5. The van der Waals surface area contributed by atoms with Crippen molar-refractivity contribution in [1.82, 2.24) is 9.66 Å². The molecule has 0 unspecified atom stereocenters. The van der Waals surface area contributed by atoms with Crippen molar-refractivity contribution in [3.63, 3.8) is 0 Å². The molecule has 0 aliphatic carbocycles. The molecular formula is C31H24BrF3N4O2. The quantitative estimate of drug-likeness (QED) is 0.178. The molecule has 208 valence electrons. The van der Waals surface area contributed by atoms with Gasteiger partial charge in [-0.15, -0.1) is 0 Å². The van der Waals surface area contributed by atoms with Gasteiger partial charge < -0.3 is 9.64 Å². The van der Waals surface area contributed by atoms with E-state index in [0.29, 0.717) is 16.8 Å². The predicted octanol–water partition coefficient (Wildman–Crippen LogP) is 7.37. The van der Waals surface area contributed by atoms with Crippen LogP contribution in [0.3, 0.4) is 0 Å². The summed E-state index contributed by atoms with van der Waals surface area (Å²) < 4.78 is 48.6. The summed E-state index contributed by atoms with van der Waals surface area (Å²) in [4.78, 5) is 20.0. The molecule has 41 heavy (non-hydrogen) atoms. The summed E-state index contributed by atoms with van der Waals surface area (Å²) in [7, 11) is 3.81. The molecule has 0 spiro atoms. The maximum absolute atomic E-state index is 13.5. The first-order valence-corrected chi connectivity index (χ1v) is 13.3. The third-order valence-electron chi connectivity index (χ3n) is 6.34. The number of benzene rings is 4. The summed E-state index contributed by atoms with van der Waals surface area (Å²) in [5.41, 5.74) is 1.51. The van der Waals surface area contributed by atoms with E-state index in [4.69, 9.17) is 4.74 Å². The molecule has 10 heteroatoms. The number of anilines is 1. The number of hydrogen-bond donors (Lipinski definition) is 0. The minimum absolute atomic E-state index is 0.0155. The van der Waals surface area contributed by atoms with Crippen LogP contribution >= 0.6 is 15.9 Å². The Morgan fingerprint density at radius 2 is 1.73 bits per heavy atom. The highest BCUT2D eigenvalue weighted by Crippen LogP contribution is 2.32. The Balaban J connectivity index is 1.60. The molecule has 0 aliphatic heterocycles. The van der Waals surface area contributed by atoms with Crippen molar-refractivity contribution in [3.05, 3.63) is 123 Å². The van der Waals surface area contributed by atoms with Gasteiger partial charge >= 0.3 is 6.18 Å². The molecule has 5 rings (SSSR count). The Hall–Kier alpha value is -4.44. The number of hydrogen-bond acceptors (Lipinski definition) is 5. The Morgan fingerprint density at radius 1 is 0.976 bits per heavy atom. The van der Waals surface area contributed by atoms with E-state index in [1.807, 2.05) is 55.4 Å². The van der Waals surface area contributed by atoms with Gasteiger partial charge in [0.15, 0.2) is 5.82 Å². The molecule has 0 radical (unpaired) electrons. The van der Waals surface area contributed by atoms with Crippen LogP contribution in [0.2, 0.25) is 0 Å². The van der Waals surface area contributed by atoms with Gasteiger partial charge in [0.05, 0.1) is 22.7 Å². The molecule has 0 saturated heterocycles. The fourth-order valence-corrected chi connectivity index (χ4v) is 4.41. The number of aromatic nitrogens is 2. The second-order valence-corrected chi connectivity index (χ2v) is 10.3. The predicted molar refractivity (Wildman–Crippen MR) is 159 cm³/mol. The second-order valence-electron chi connectivity index (χ2n) is 9.42. The Kier molecular flexibility index (Phi) is 7.94. The van der Waals surface area contributed by atoms with Crippen LogP contribution in [0.5, 0.6) is 5.75 Å². The molecule has 0 fully saturated rings. The molecule has 0 bridgehead atoms. The van der Waals surface area contributed by atoms with E-state index in [2.05, 4.69) is 26.0 Å². The van der Waals surface area contributed by atoms with E-state index in [1.165, 1.54) is 18.3 Å². The topological polar surface area (TPSA) is 59.7 Å². The number of nitrogens with zero attached hydrogens (tertiary/aromatic N) is 4. The molecule has 5 aromatic rings. The lowest BCUT2D eigenvalue weighted by Crippen LogP contribution is -2.20. The zero-order valence-electron chi connectivity index (χ0n) is 22.1. The van der Waals surface area contributed by atoms with Crippen molar-refractivity contribution in [2.45, 2.75) is 12.8 Å². The van der Waals surface area contributed by atoms with Crippen LogP contribution in [-0.2, 0) is 12.8 Å². The van der Waals surface area contributed by atoms with Crippen molar-refractivity contribution in [2.75, 3.05) is 19.0 Å². The third kappa shape index (κ3) is 6.33. The average Bonchev–Trinajstić information content (AvgIpc) is 2.96. The largest absolute Gasteiger partial charge is 0.488 e. The zero-order valence-corrected chi connectivity index (χ0v) is 23.6. The normalized spacial score (nSPS) is 11.8. The highest BCUT2D eigenvalue weighted by Gasteiger charge is 2.31. The van der Waals surface area contributed by atoms with Crippen LogP contribution in [0.4, 0.5) is 18.9 Å². The first kappa shape index (κ1) is 28.1. The van der Waals surface area contributed by atoms with E-state index < -0.39 is 17.3 Å². The zero-order chi connectivity index (χ0) is 29.1. The molecule has 4 aromatic carbocycles. The minimum atomic E-state index is -4.56. The summed E-state index contributed by atoms with van der Waals surface area (Å²) >= 11 is 3.43. The Bertz CT molecular complexity index is 1800. The minimum Gasteiger partial charge on any atom is -0.488 e. The standard InChI is InChI=1S/C31H24BrF3N4O2/c1-38(2)25-15-12-22(28(17-25)41-19-20-10-13-24(32)14-11-20)18-36-39-29(21-6-5-7-23(16-21)31(33,34)35)37-27-9-4-3-8-26(27)30(39)40/h3-18H,19H2,1-2H3. The van der Waals surface area contributed by atoms with Gasteiger partial charge in [0.2, 0.25) is 0 Å². The number of halogens is 4. The van der Waals surface area contributed by atoms with Crippen LogP contribution in [0.15, 0.2) is 105 Å². The van der Waals surface area contributed by atoms with Gasteiger partial charge in [0.1, 0.15) is 12.4 Å². The smallest absolute Gasteiger partial charge is 0.416 e. The fraction of sp³-hybridized carbons (Fsp3) is 0.129. The third-order valence-corrected chi connectivity index (χ3v) is 6.86. The Morgan fingerprint density at radius 3 is 2.46 bits per heavy atom. The molecule has 0 atom stereocenters. The molecule has 0 saturated carbocycles. The van der Waals surface area contributed by atoms with Crippen LogP contribution in [0, 0.1) is 0 Å². The maximum Gasteiger partial charge on any atom is 0.416 e. The number of rotatable bonds is 7. The van der Waals surface area contributed by atoms with Crippen LogP contribution in [0.25, 0.3) is 22.3 Å². The lowest BCUT2D eigenvalue weighted by atomic mass is 10.1. The van der Waals surface area contributed by atoms with E-state index in [9.17, 15) is 18.0 Å². The molecule has 0 amide bonds. The first-order valence-electron chi connectivity index (χ1n) is 12.5. The lowest BCUT2D eigenvalue weighted by molar-refractivity contribution is -0.137. The van der Waals surface area contributed by atoms with Gasteiger partial charge in [-0.25, -0.2) is 4.98 Å². The van der Waals surface area contributed by atoms with E-state index in [1.54, 1.807) is 30.3 Å². The molecule has 0 N–H and O–H groups in total. The summed E-state index contributed by atoms with van der Waals surface area (Å²) in [5, 5.41) is 4.72. The number of fused-ring (bicyclic) bond motifs is 1. The van der Waals surface area contributed by atoms with Crippen molar-refractivity contribution in [1.29, 1.82) is 0 Å². The first-order chi connectivity index (χ1) is 19.6. The molecule has 1 heterocycles. The van der Waals surface area contributed by atoms with Crippen LogP contribution in [0.1, 0.15) is 16.7 Å². The van der Waals surface area contributed by atoms with Crippen molar-refractivity contribution in [2.24, 2.45) is 5.10 Å². The summed E-state index contributed by atoms with van der Waals surface area (Å²) in [6, 6.07) is 24.6. The summed E-state index contributed by atoms with van der Waals surface area (Å²) in [6.07, 6.45) is -3.11. The molecule has 6 nitrogen and oxygen atoms in total. The van der Waals surface area contributed by atoms with Gasteiger partial charge in [0.25, 0.3) is 5.56 Å². The monoisotopic (exact) mass is 620 g/mol. The number of para-hydroxylation sites is 1. The average molecular weight is 621 g/mol. The lowest BCUT2D eigenvalue weighted by Gasteiger charge is -2.16. The van der Waals surface area contributed by atoms with Gasteiger partial charge in [-0.2, -0.15) is 22.9 Å². The summed E-state index contributed by atoms with van der Waals surface area (Å²) in [5.74, 6) is 0.503. The second kappa shape index (κ2) is 11.6. The van der Waals surface area contributed by atoms with Crippen LogP contribution in [-0.4, -0.2) is 30.0 Å². The SMILES string of the molecule is CN(C)c1ccc(C=Nn2c(-c3cccc(C(F)(F)F)c3)nc3ccccc3c2=O)c(OCc2ccc(Br)cc2)c1. The molecular weight excluding hydrogens is 597 g/mol. The van der Waals surface area contributed by atoms with Gasteiger partial charge in [-0.05, 0) is 54.1 Å². The highest BCUT2D eigenvalue weighted by atomic mass is 79.9. The van der Waals surface area contributed by atoms with Gasteiger partial charge in [0, 0.05) is 41.4 Å². The van der Waals surface area contributed by atoms with E-state index in [0.717, 1.165) is 32.5 Å². The number of ether oxygens (including phenoxy) is 1.